The van der Waals surface area contributed by atoms with Crippen molar-refractivity contribution in [2.24, 2.45) is 0 Å². The molecule has 10 aromatic carbocycles. The number of hydrogen-bond donors (Lipinski definition) is 0. The molecule has 0 unspecified atom stereocenters. The van der Waals surface area contributed by atoms with Gasteiger partial charge in [-0.3, -0.25) is 17.9 Å². The van der Waals surface area contributed by atoms with Crippen LogP contribution >= 0.6 is 0 Å². The lowest BCUT2D eigenvalue weighted by Crippen LogP contribution is -2.74. The standard InChI is InChI=1S/C62H41N7Si/c1-4-22-43(23-5-1)70(44-24-6-2-7-25-44,45-26-8-3-9-27-45)46-28-20-21-42(41-46)65-50-32-13-10-29-47(50)59-57(68-55-37-18-16-35-53(55)66-51-33-14-11-30-48(51)63-61(66)68)39-40-58(60(59)65)69-56-38-19-17-36-54(56)67-52-34-15-12-31-49(52)64-62(67)69/h1-41H. The van der Waals surface area contributed by atoms with E-state index >= 15 is 0 Å². The van der Waals surface area contributed by atoms with E-state index in [1.807, 2.05) is 0 Å². The van der Waals surface area contributed by atoms with E-state index in [2.05, 4.69) is 271 Å². The van der Waals surface area contributed by atoms with Crippen LogP contribution < -0.4 is 20.7 Å². The molecule has 7 nitrogen and oxygen atoms in total. The van der Waals surface area contributed by atoms with Crippen molar-refractivity contribution in [3.63, 3.8) is 0 Å². The summed E-state index contributed by atoms with van der Waals surface area (Å²) in [5.41, 5.74) is 13.8. The third-order valence-electron chi connectivity index (χ3n) is 14.6. The van der Waals surface area contributed by atoms with E-state index in [1.54, 1.807) is 0 Å². The number of imidazole rings is 4. The van der Waals surface area contributed by atoms with Gasteiger partial charge >= 0.3 is 0 Å². The van der Waals surface area contributed by atoms with Gasteiger partial charge in [0.15, 0.2) is 8.07 Å². The summed E-state index contributed by atoms with van der Waals surface area (Å²) in [6, 6.07) is 90.8. The van der Waals surface area contributed by atoms with Crippen LogP contribution in [0, 0.1) is 0 Å². The number of hydrogen-bond acceptors (Lipinski definition) is 2. The lowest BCUT2D eigenvalue weighted by atomic mass is 10.1. The summed E-state index contributed by atoms with van der Waals surface area (Å²) in [6.45, 7) is 0. The molecule has 0 aliphatic carbocycles. The first-order valence-electron chi connectivity index (χ1n) is 23.8. The van der Waals surface area contributed by atoms with Crippen LogP contribution in [0.4, 0.5) is 0 Å². The molecule has 0 bridgehead atoms. The second kappa shape index (κ2) is 14.9. The van der Waals surface area contributed by atoms with Crippen LogP contribution in [-0.4, -0.2) is 40.5 Å². The number of fused-ring (bicyclic) bond motifs is 13. The summed E-state index contributed by atoms with van der Waals surface area (Å²) in [4.78, 5) is 10.8. The van der Waals surface area contributed by atoms with Crippen molar-refractivity contribution in [3.8, 4) is 17.1 Å². The Morgan fingerprint density at radius 2 is 0.714 bits per heavy atom. The predicted octanol–water partition coefficient (Wildman–Crippen LogP) is 11.7. The molecule has 15 aromatic rings. The summed E-state index contributed by atoms with van der Waals surface area (Å²) in [5.74, 6) is 1.73. The Morgan fingerprint density at radius 3 is 1.26 bits per heavy atom. The average molecular weight is 912 g/mol. The Hall–Kier alpha value is -9.24. The molecule has 0 atom stereocenters. The maximum atomic E-state index is 5.42. The van der Waals surface area contributed by atoms with Gasteiger partial charge in [-0.2, -0.15) is 0 Å². The smallest absolute Gasteiger partial charge is 0.220 e. The predicted molar refractivity (Wildman–Crippen MR) is 291 cm³/mol. The monoisotopic (exact) mass is 911 g/mol. The minimum Gasteiger partial charge on any atom is -0.307 e. The fourth-order valence-corrected chi connectivity index (χ4v) is 16.6. The third kappa shape index (κ3) is 5.28. The number of nitrogens with zero attached hydrogens (tertiary/aromatic N) is 7. The Balaban J connectivity index is 1.12. The van der Waals surface area contributed by atoms with Gasteiger partial charge in [-0.05, 0) is 99.6 Å². The molecule has 15 rings (SSSR count). The summed E-state index contributed by atoms with van der Waals surface area (Å²) in [5, 5.41) is 7.56. The topological polar surface area (TPSA) is 49.4 Å². The van der Waals surface area contributed by atoms with Crippen LogP contribution in [0.2, 0.25) is 0 Å². The second-order valence-corrected chi connectivity index (χ2v) is 22.0. The SMILES string of the molecule is c1ccc([Si](c2ccccc2)(c2ccccc2)c2cccc(-n3c4ccccc4c4c(-n5c6ccccc6n6c7ccccc7nc56)ccc(-n5c6ccccc6n6c7ccccc7nc56)c43)c2)cc1. The van der Waals surface area contributed by atoms with Gasteiger partial charge in [-0.15, -0.1) is 0 Å². The van der Waals surface area contributed by atoms with Crippen molar-refractivity contribution in [2.45, 2.75) is 0 Å². The fourth-order valence-electron chi connectivity index (χ4n) is 11.8. The van der Waals surface area contributed by atoms with E-state index in [4.69, 9.17) is 9.97 Å². The number of aromatic nitrogens is 7. The molecular formula is C62H41N7Si. The van der Waals surface area contributed by atoms with E-state index in [9.17, 15) is 0 Å². The van der Waals surface area contributed by atoms with Crippen LogP contribution in [0.25, 0.3) is 94.6 Å². The zero-order valence-corrected chi connectivity index (χ0v) is 38.8. The first kappa shape index (κ1) is 38.8. The van der Waals surface area contributed by atoms with Gasteiger partial charge in [0.1, 0.15) is 0 Å². The van der Waals surface area contributed by atoms with Gasteiger partial charge in [0, 0.05) is 16.5 Å². The molecule has 0 radical (unpaired) electrons. The van der Waals surface area contributed by atoms with Crippen LogP contribution in [0.1, 0.15) is 0 Å². The molecular weight excluding hydrogens is 871 g/mol. The van der Waals surface area contributed by atoms with Gasteiger partial charge < -0.3 is 4.57 Å². The highest BCUT2D eigenvalue weighted by Crippen LogP contribution is 2.43. The van der Waals surface area contributed by atoms with E-state index in [0.717, 1.165) is 94.6 Å². The summed E-state index contributed by atoms with van der Waals surface area (Å²) < 4.78 is 11.9. The molecule has 5 heterocycles. The molecule has 0 aliphatic rings. The quantitative estimate of drug-likeness (QED) is 0.118. The molecule has 0 N–H and O–H groups in total. The number of rotatable bonds is 7. The van der Waals surface area contributed by atoms with E-state index < -0.39 is 8.07 Å². The zero-order valence-electron chi connectivity index (χ0n) is 37.8. The van der Waals surface area contributed by atoms with Crippen molar-refractivity contribution in [1.29, 1.82) is 0 Å². The number of benzene rings is 10. The largest absolute Gasteiger partial charge is 0.307 e. The molecule has 0 amide bonds. The van der Waals surface area contributed by atoms with Gasteiger partial charge in [0.05, 0.1) is 66.5 Å². The van der Waals surface area contributed by atoms with Crippen LogP contribution in [0.15, 0.2) is 249 Å². The molecule has 0 fully saturated rings. The van der Waals surface area contributed by atoms with Gasteiger partial charge in [0.2, 0.25) is 11.6 Å². The van der Waals surface area contributed by atoms with Crippen molar-refractivity contribution >= 4 is 106 Å². The molecule has 8 heteroatoms. The molecule has 0 spiro atoms. The van der Waals surface area contributed by atoms with Crippen LogP contribution in [0.5, 0.6) is 0 Å². The van der Waals surface area contributed by atoms with Gasteiger partial charge in [0.25, 0.3) is 0 Å². The minimum absolute atomic E-state index is 0.860. The minimum atomic E-state index is -2.92. The van der Waals surface area contributed by atoms with Crippen LogP contribution in [0.3, 0.4) is 0 Å². The maximum absolute atomic E-state index is 5.42. The lowest BCUT2D eigenvalue weighted by molar-refractivity contribution is 1.08. The van der Waals surface area contributed by atoms with E-state index in [-0.39, 0.29) is 0 Å². The molecule has 70 heavy (non-hydrogen) atoms. The lowest BCUT2D eigenvalue weighted by Gasteiger charge is -2.34. The molecule has 328 valence electrons. The summed E-state index contributed by atoms with van der Waals surface area (Å²) in [6.07, 6.45) is 0. The number of para-hydroxylation sites is 9. The summed E-state index contributed by atoms with van der Waals surface area (Å²) in [7, 11) is -2.92. The van der Waals surface area contributed by atoms with E-state index in [1.165, 1.54) is 20.7 Å². The molecule has 0 saturated carbocycles. The highest BCUT2D eigenvalue weighted by Gasteiger charge is 2.41. The molecule has 0 aliphatic heterocycles. The second-order valence-electron chi connectivity index (χ2n) is 18.2. The third-order valence-corrected chi connectivity index (χ3v) is 19.4. The molecule has 5 aromatic heterocycles. The molecule has 0 saturated heterocycles. The highest BCUT2D eigenvalue weighted by atomic mass is 28.3. The van der Waals surface area contributed by atoms with Gasteiger partial charge in [-0.1, -0.05) is 170 Å². The van der Waals surface area contributed by atoms with Crippen molar-refractivity contribution in [2.75, 3.05) is 0 Å². The Kier molecular flexibility index (Phi) is 8.25. The Labute approximate surface area is 402 Å². The Bertz CT molecular complexity index is 4440. The van der Waals surface area contributed by atoms with Gasteiger partial charge in [-0.25, -0.2) is 9.97 Å². The summed E-state index contributed by atoms with van der Waals surface area (Å²) >= 11 is 0. The van der Waals surface area contributed by atoms with Crippen molar-refractivity contribution in [1.82, 2.24) is 32.5 Å². The first-order valence-corrected chi connectivity index (χ1v) is 25.8. The highest BCUT2D eigenvalue weighted by molar-refractivity contribution is 7.19. The zero-order chi connectivity index (χ0) is 45.9. The Morgan fingerprint density at radius 1 is 0.300 bits per heavy atom. The fraction of sp³-hybridized carbons (Fsp3) is 0. The van der Waals surface area contributed by atoms with Crippen molar-refractivity contribution in [3.05, 3.63) is 249 Å². The van der Waals surface area contributed by atoms with Crippen LogP contribution in [-0.2, 0) is 0 Å². The average Bonchev–Trinajstić information content (AvgIpc) is 4.23. The maximum Gasteiger partial charge on any atom is 0.220 e. The normalized spacial score (nSPS) is 12.3. The first-order chi connectivity index (χ1) is 34.8. The van der Waals surface area contributed by atoms with E-state index in [0.29, 0.717) is 0 Å². The van der Waals surface area contributed by atoms with Crippen molar-refractivity contribution < 1.29 is 0 Å².